The van der Waals surface area contributed by atoms with Crippen molar-refractivity contribution in [1.82, 2.24) is 14.6 Å². The van der Waals surface area contributed by atoms with E-state index in [-0.39, 0.29) is 33.6 Å². The van der Waals surface area contributed by atoms with Crippen LogP contribution in [0, 0.1) is 0 Å². The molecule has 30 heavy (non-hydrogen) atoms. The van der Waals surface area contributed by atoms with Gasteiger partial charge in [-0.3, -0.25) is 0 Å². The van der Waals surface area contributed by atoms with E-state index in [1.54, 1.807) is 12.1 Å². The molecule has 2 bridgehead atoms. The molecule has 0 saturated carbocycles. The molecule has 2 atom stereocenters. The lowest BCUT2D eigenvalue weighted by Gasteiger charge is -2.32. The number of phenols is 1. The fourth-order valence-corrected chi connectivity index (χ4v) is 6.02. The number of carbonyl (C=O) groups excluding carboxylic acids is 1. The van der Waals surface area contributed by atoms with Crippen molar-refractivity contribution in [3.63, 3.8) is 0 Å². The number of nitrogens with zero attached hydrogens (tertiary/aromatic N) is 2. The van der Waals surface area contributed by atoms with E-state index in [0.29, 0.717) is 13.1 Å². The average molecular weight is 472 g/mol. The number of sulfonamides is 1. The largest absolute Gasteiger partial charge is 0.504 e. The molecule has 2 aliphatic rings. The molecule has 2 unspecified atom stereocenters. The average Bonchev–Trinajstić information content (AvgIpc) is 3.03. The van der Waals surface area contributed by atoms with Crippen LogP contribution in [0.5, 0.6) is 5.75 Å². The van der Waals surface area contributed by atoms with E-state index < -0.39 is 26.7 Å². The first-order chi connectivity index (χ1) is 14.3. The second-order valence-corrected chi connectivity index (χ2v) is 9.79. The maximum absolute atomic E-state index is 13.2. The van der Waals surface area contributed by atoms with Crippen molar-refractivity contribution >= 4 is 50.6 Å². The number of nitrogens with one attached hydrogen (secondary N) is 3. The fraction of sp³-hybridized carbons (Fsp3) is 0.333. The van der Waals surface area contributed by atoms with Crippen LogP contribution >= 0.6 is 23.2 Å². The summed E-state index contributed by atoms with van der Waals surface area (Å²) in [4.78, 5) is 15.7. The summed E-state index contributed by atoms with van der Waals surface area (Å²) >= 11 is 12.1. The maximum atomic E-state index is 13.2. The van der Waals surface area contributed by atoms with Gasteiger partial charge < -0.3 is 21.1 Å². The molecule has 0 aliphatic carbocycles. The van der Waals surface area contributed by atoms with Crippen molar-refractivity contribution in [2.45, 2.75) is 29.8 Å². The van der Waals surface area contributed by atoms with Crippen LogP contribution in [-0.2, 0) is 10.0 Å². The number of rotatable bonds is 4. The maximum Gasteiger partial charge on any atom is 0.323 e. The third kappa shape index (κ3) is 4.06. The van der Waals surface area contributed by atoms with Crippen LogP contribution < -0.4 is 16.0 Å². The van der Waals surface area contributed by atoms with Crippen molar-refractivity contribution in [1.29, 1.82) is 0 Å². The number of hydrogen-bond acceptors (Lipinski definition) is 6. The van der Waals surface area contributed by atoms with E-state index in [1.165, 1.54) is 22.6 Å². The highest BCUT2D eigenvalue weighted by atomic mass is 35.5. The number of urea groups is 1. The monoisotopic (exact) mass is 471 g/mol. The zero-order valence-electron chi connectivity index (χ0n) is 15.6. The topological polar surface area (TPSA) is 124 Å². The Morgan fingerprint density at radius 1 is 1.13 bits per heavy atom. The molecule has 1 aromatic carbocycles. The lowest BCUT2D eigenvalue weighted by atomic mass is 10.2. The molecule has 2 aromatic rings. The number of hydrogen-bond donors (Lipinski definition) is 4. The van der Waals surface area contributed by atoms with Crippen molar-refractivity contribution in [3.05, 3.63) is 40.6 Å². The van der Waals surface area contributed by atoms with Gasteiger partial charge in [-0.25, -0.2) is 18.2 Å². The third-order valence-corrected chi connectivity index (χ3v) is 7.76. The summed E-state index contributed by atoms with van der Waals surface area (Å²) in [7, 11) is -4.06. The molecule has 0 radical (unpaired) electrons. The number of phenolic OH excluding ortho intramolecular Hbond substituents is 1. The molecule has 0 spiro atoms. The Labute approximate surface area is 183 Å². The molecule has 3 heterocycles. The summed E-state index contributed by atoms with van der Waals surface area (Å²) in [5.41, 5.74) is 0.155. The zero-order valence-corrected chi connectivity index (χ0v) is 17.9. The van der Waals surface area contributed by atoms with E-state index in [1.807, 2.05) is 0 Å². The van der Waals surface area contributed by atoms with Gasteiger partial charge in [0.15, 0.2) is 10.9 Å². The summed E-state index contributed by atoms with van der Waals surface area (Å²) in [6.07, 6.45) is 3.26. The summed E-state index contributed by atoms with van der Waals surface area (Å²) < 4.78 is 27.8. The molecular weight excluding hydrogens is 453 g/mol. The van der Waals surface area contributed by atoms with Crippen LogP contribution in [0.4, 0.5) is 16.2 Å². The van der Waals surface area contributed by atoms with E-state index in [2.05, 4.69) is 20.9 Å². The number of carbonyl (C=O) groups is 1. The second kappa shape index (κ2) is 8.20. The van der Waals surface area contributed by atoms with Crippen molar-refractivity contribution in [2.24, 2.45) is 0 Å². The Bertz CT molecular complexity index is 1090. The lowest BCUT2D eigenvalue weighted by Crippen LogP contribution is -2.52. The van der Waals surface area contributed by atoms with Gasteiger partial charge in [0.2, 0.25) is 10.0 Å². The first kappa shape index (κ1) is 21.1. The first-order valence-electron chi connectivity index (χ1n) is 9.22. The summed E-state index contributed by atoms with van der Waals surface area (Å²) in [5, 5.41) is 18.9. The third-order valence-electron chi connectivity index (χ3n) is 5.12. The Hall–Kier alpha value is -2.11. The predicted molar refractivity (Wildman–Crippen MR) is 114 cm³/mol. The summed E-state index contributed by atoms with van der Waals surface area (Å²) in [6.45, 7) is 0.596. The van der Waals surface area contributed by atoms with Gasteiger partial charge in [-0.2, -0.15) is 4.31 Å². The van der Waals surface area contributed by atoms with Crippen LogP contribution in [0.2, 0.25) is 10.2 Å². The number of amides is 2. The highest BCUT2D eigenvalue weighted by molar-refractivity contribution is 7.89. The summed E-state index contributed by atoms with van der Waals surface area (Å²) in [5.74, 6) is -0.624. The molecular formula is C18H19Cl2N5O4S. The smallest absolute Gasteiger partial charge is 0.323 e. The molecule has 4 N–H and O–H groups in total. The van der Waals surface area contributed by atoms with Crippen LogP contribution in [0.3, 0.4) is 0 Å². The predicted octanol–water partition coefficient (Wildman–Crippen LogP) is 2.86. The van der Waals surface area contributed by atoms with Gasteiger partial charge in [-0.1, -0.05) is 23.2 Å². The Morgan fingerprint density at radius 2 is 1.80 bits per heavy atom. The van der Waals surface area contributed by atoms with Gasteiger partial charge in [0, 0.05) is 31.4 Å². The minimum Gasteiger partial charge on any atom is -0.504 e. The van der Waals surface area contributed by atoms with E-state index in [4.69, 9.17) is 23.2 Å². The molecule has 9 nitrogen and oxygen atoms in total. The van der Waals surface area contributed by atoms with Gasteiger partial charge in [0.25, 0.3) is 0 Å². The number of halogens is 2. The first-order valence-corrected chi connectivity index (χ1v) is 11.4. The van der Waals surface area contributed by atoms with E-state index in [9.17, 15) is 18.3 Å². The number of pyridine rings is 1. The number of fused-ring (bicyclic) bond motifs is 2. The highest BCUT2D eigenvalue weighted by Crippen LogP contribution is 2.39. The van der Waals surface area contributed by atoms with Gasteiger partial charge in [-0.15, -0.1) is 0 Å². The van der Waals surface area contributed by atoms with E-state index in [0.717, 1.165) is 12.8 Å². The van der Waals surface area contributed by atoms with E-state index >= 15 is 0 Å². The molecule has 2 saturated heterocycles. The molecule has 160 valence electrons. The van der Waals surface area contributed by atoms with Gasteiger partial charge in [-0.05, 0) is 37.1 Å². The number of benzene rings is 1. The minimum absolute atomic E-state index is 0.0794. The highest BCUT2D eigenvalue weighted by Gasteiger charge is 2.40. The van der Waals surface area contributed by atoms with Gasteiger partial charge in [0.05, 0.1) is 16.4 Å². The van der Waals surface area contributed by atoms with Gasteiger partial charge in [0.1, 0.15) is 4.90 Å². The SMILES string of the molecule is O=C(Nc1cccnc1Cl)Nc1ccc(Cl)c(S(=O)(=O)N2CC3CCC(C2)N3)c1O. The number of aromatic hydroxyl groups is 1. The Kier molecular flexibility index (Phi) is 5.78. The number of piperazine rings is 1. The molecule has 12 heteroatoms. The molecule has 2 aliphatic heterocycles. The normalized spacial score (nSPS) is 21.4. The minimum atomic E-state index is -4.06. The fourth-order valence-electron chi connectivity index (χ4n) is 3.73. The Morgan fingerprint density at radius 3 is 2.47 bits per heavy atom. The van der Waals surface area contributed by atoms with Crippen LogP contribution in [0.15, 0.2) is 35.4 Å². The molecule has 4 rings (SSSR count). The summed E-state index contributed by atoms with van der Waals surface area (Å²) in [6, 6.07) is 5.20. The zero-order chi connectivity index (χ0) is 21.5. The molecule has 2 fully saturated rings. The van der Waals surface area contributed by atoms with Crippen LogP contribution in [-0.4, -0.2) is 54.0 Å². The van der Waals surface area contributed by atoms with Crippen LogP contribution in [0.1, 0.15) is 12.8 Å². The van der Waals surface area contributed by atoms with Crippen molar-refractivity contribution < 1.29 is 18.3 Å². The quantitative estimate of drug-likeness (QED) is 0.401. The molecule has 2 amide bonds. The molecule has 1 aromatic heterocycles. The van der Waals surface area contributed by atoms with Crippen molar-refractivity contribution in [2.75, 3.05) is 23.7 Å². The van der Waals surface area contributed by atoms with Crippen molar-refractivity contribution in [3.8, 4) is 5.75 Å². The Balaban J connectivity index is 1.59. The number of anilines is 2. The standard InChI is InChI=1S/C18H19Cl2N5O4S/c19-12-5-6-13(23-18(27)24-14-2-1-7-21-17(14)20)15(26)16(12)30(28,29)25-8-10-3-4-11(9-25)22-10/h1-2,5-7,10-11,22,26H,3-4,8-9H2,(H2,23,24,27). The second-order valence-electron chi connectivity index (χ2n) is 7.15. The lowest BCUT2D eigenvalue weighted by molar-refractivity contribution is 0.262. The van der Waals surface area contributed by atoms with Crippen LogP contribution in [0.25, 0.3) is 0 Å². The van der Waals surface area contributed by atoms with Gasteiger partial charge >= 0.3 is 6.03 Å². The number of aromatic nitrogens is 1.